The monoisotopic (exact) mass is 269 g/mol. The highest BCUT2D eigenvalue weighted by Crippen LogP contribution is 2.28. The molecule has 0 aliphatic carbocycles. The van der Waals surface area contributed by atoms with Crippen LogP contribution in [-0.2, 0) is 6.42 Å². The van der Waals surface area contributed by atoms with Crippen molar-refractivity contribution < 1.29 is 13.5 Å². The number of nitrogens with two attached hydrogens (primary N) is 1. The Morgan fingerprint density at radius 2 is 2.00 bits per heavy atom. The van der Waals surface area contributed by atoms with Crippen molar-refractivity contribution in [1.29, 1.82) is 0 Å². The second-order valence-corrected chi connectivity index (χ2v) is 3.94. The molecule has 7 heteroatoms. The number of hydrogen-bond acceptors (Lipinski definition) is 3. The third kappa shape index (κ3) is 2.37. The fourth-order valence-electron chi connectivity index (χ4n) is 1.87. The van der Waals surface area contributed by atoms with Crippen LogP contribution in [0.1, 0.15) is 5.56 Å². The summed E-state index contributed by atoms with van der Waals surface area (Å²) in [5.41, 5.74) is 5.46. The van der Waals surface area contributed by atoms with Crippen molar-refractivity contribution in [1.82, 2.24) is 10.2 Å². The van der Waals surface area contributed by atoms with Gasteiger partial charge in [0.05, 0.1) is 12.8 Å². The maximum absolute atomic E-state index is 13.9. The molecular weight excluding hydrogens is 256 g/mol. The van der Waals surface area contributed by atoms with Gasteiger partial charge in [0.2, 0.25) is 0 Å². The van der Waals surface area contributed by atoms with Crippen LogP contribution in [0, 0.1) is 11.6 Å². The molecule has 0 fully saturated rings. The summed E-state index contributed by atoms with van der Waals surface area (Å²) < 4.78 is 32.2. The van der Waals surface area contributed by atoms with Crippen molar-refractivity contribution in [3.63, 3.8) is 0 Å². The summed E-state index contributed by atoms with van der Waals surface area (Å²) >= 11 is 0. The molecule has 0 atom stereocenters. The highest BCUT2D eigenvalue weighted by molar-refractivity contribution is 5.64. The lowest BCUT2D eigenvalue weighted by Gasteiger charge is -2.07. The van der Waals surface area contributed by atoms with Crippen molar-refractivity contribution >= 4 is 0 Å². The van der Waals surface area contributed by atoms with Crippen molar-refractivity contribution in [3.05, 3.63) is 39.7 Å². The van der Waals surface area contributed by atoms with E-state index in [1.807, 2.05) is 0 Å². The molecule has 0 radical (unpaired) electrons. The van der Waals surface area contributed by atoms with Gasteiger partial charge in [0.15, 0.2) is 11.6 Å². The summed E-state index contributed by atoms with van der Waals surface area (Å²) in [6.07, 6.45) is 0.265. The average molecular weight is 269 g/mol. The molecular formula is C12H13F2N3O2. The van der Waals surface area contributed by atoms with E-state index in [1.165, 1.54) is 7.11 Å². The molecule has 0 amide bonds. The van der Waals surface area contributed by atoms with E-state index < -0.39 is 17.2 Å². The highest BCUT2D eigenvalue weighted by Gasteiger charge is 2.17. The van der Waals surface area contributed by atoms with Crippen LogP contribution in [0.25, 0.3) is 11.3 Å². The molecule has 102 valence electrons. The molecule has 1 aromatic carbocycles. The number of nitrogens with one attached hydrogen (secondary N) is 2. The molecule has 5 nitrogen and oxygen atoms in total. The molecule has 0 saturated carbocycles. The minimum Gasteiger partial charge on any atom is -0.494 e. The summed E-state index contributed by atoms with van der Waals surface area (Å²) in [6, 6.07) is 1.91. The first kappa shape index (κ1) is 13.3. The summed E-state index contributed by atoms with van der Waals surface area (Å²) in [7, 11) is 1.25. The Bertz CT molecular complexity index is 649. The molecule has 0 bridgehead atoms. The van der Waals surface area contributed by atoms with Gasteiger partial charge in [-0.05, 0) is 19.0 Å². The second-order valence-electron chi connectivity index (χ2n) is 3.94. The predicted octanol–water partition coefficient (Wildman–Crippen LogP) is 1.16. The Balaban J connectivity index is 2.59. The van der Waals surface area contributed by atoms with Crippen molar-refractivity contribution in [2.24, 2.45) is 5.73 Å². The maximum Gasteiger partial charge on any atom is 0.267 e. The Kier molecular flexibility index (Phi) is 3.66. The van der Waals surface area contributed by atoms with Crippen LogP contribution in [-0.4, -0.2) is 23.9 Å². The smallest absolute Gasteiger partial charge is 0.267 e. The van der Waals surface area contributed by atoms with E-state index in [-0.39, 0.29) is 30.0 Å². The van der Waals surface area contributed by atoms with Gasteiger partial charge in [-0.3, -0.25) is 15.0 Å². The van der Waals surface area contributed by atoms with Crippen LogP contribution in [0.3, 0.4) is 0 Å². The van der Waals surface area contributed by atoms with E-state index in [2.05, 4.69) is 14.9 Å². The maximum atomic E-state index is 13.9. The van der Waals surface area contributed by atoms with Crippen molar-refractivity contribution in [2.75, 3.05) is 13.7 Å². The highest BCUT2D eigenvalue weighted by atomic mass is 19.1. The number of benzene rings is 1. The number of halogens is 2. The third-order valence-electron chi connectivity index (χ3n) is 2.78. The Labute approximate surface area is 107 Å². The van der Waals surface area contributed by atoms with Gasteiger partial charge in [-0.1, -0.05) is 0 Å². The van der Waals surface area contributed by atoms with Crippen LogP contribution in [0.5, 0.6) is 5.75 Å². The number of aromatic amines is 2. The zero-order valence-corrected chi connectivity index (χ0v) is 10.2. The van der Waals surface area contributed by atoms with Gasteiger partial charge in [0.1, 0.15) is 5.82 Å². The molecule has 0 spiro atoms. The first-order valence-corrected chi connectivity index (χ1v) is 5.61. The molecule has 1 heterocycles. The molecule has 0 aliphatic heterocycles. The van der Waals surface area contributed by atoms with Crippen LogP contribution in [0.4, 0.5) is 8.78 Å². The lowest BCUT2D eigenvalue weighted by atomic mass is 10.0. The number of aromatic nitrogens is 2. The largest absolute Gasteiger partial charge is 0.494 e. The second kappa shape index (κ2) is 5.23. The standard InChI is InChI=1S/C12H13F2N3O2/c1-19-10-5-8(13)7(4-9(10)14)11-6(2-3-15)12(18)17-16-11/h4-5H,2-3,15H2,1H3,(H2,16,17,18). The molecule has 0 aliphatic rings. The van der Waals surface area contributed by atoms with E-state index in [0.717, 1.165) is 12.1 Å². The fraction of sp³-hybridized carbons (Fsp3) is 0.250. The number of rotatable bonds is 4. The van der Waals surface area contributed by atoms with E-state index in [4.69, 9.17) is 5.73 Å². The molecule has 0 saturated heterocycles. The lowest BCUT2D eigenvalue weighted by molar-refractivity contribution is 0.383. The number of methoxy groups -OCH3 is 1. The topological polar surface area (TPSA) is 83.9 Å². The van der Waals surface area contributed by atoms with Crippen molar-refractivity contribution in [3.8, 4) is 17.0 Å². The normalized spacial score (nSPS) is 10.7. The zero-order valence-electron chi connectivity index (χ0n) is 10.2. The molecule has 0 unspecified atom stereocenters. The SMILES string of the molecule is COc1cc(F)c(-c2[nH][nH]c(=O)c2CCN)cc1F. The first-order chi connectivity index (χ1) is 9.08. The predicted molar refractivity (Wildman–Crippen MR) is 66.1 cm³/mol. The van der Waals surface area contributed by atoms with Gasteiger partial charge < -0.3 is 10.5 Å². The zero-order chi connectivity index (χ0) is 14.0. The summed E-state index contributed by atoms with van der Waals surface area (Å²) in [6.45, 7) is 0.230. The van der Waals surface area contributed by atoms with Crippen LogP contribution in [0.15, 0.2) is 16.9 Å². The Morgan fingerprint density at radius 1 is 1.26 bits per heavy atom. The van der Waals surface area contributed by atoms with Gasteiger partial charge in [-0.25, -0.2) is 8.78 Å². The van der Waals surface area contributed by atoms with Gasteiger partial charge >= 0.3 is 0 Å². The Morgan fingerprint density at radius 3 is 2.63 bits per heavy atom. The number of hydrogen-bond donors (Lipinski definition) is 3. The van der Waals surface area contributed by atoms with Gasteiger partial charge in [-0.2, -0.15) is 0 Å². The molecule has 19 heavy (non-hydrogen) atoms. The third-order valence-corrected chi connectivity index (χ3v) is 2.78. The summed E-state index contributed by atoms with van der Waals surface area (Å²) in [5.74, 6) is -1.59. The molecule has 2 aromatic rings. The van der Waals surface area contributed by atoms with Gasteiger partial charge in [-0.15, -0.1) is 0 Å². The fourth-order valence-corrected chi connectivity index (χ4v) is 1.87. The van der Waals surface area contributed by atoms with Crippen LogP contribution >= 0.6 is 0 Å². The minimum absolute atomic E-state index is 0.0416. The first-order valence-electron chi connectivity index (χ1n) is 5.61. The molecule has 1 aromatic heterocycles. The van der Waals surface area contributed by atoms with E-state index in [9.17, 15) is 13.6 Å². The average Bonchev–Trinajstić information content (AvgIpc) is 2.74. The minimum atomic E-state index is -0.709. The van der Waals surface area contributed by atoms with Crippen LogP contribution < -0.4 is 16.0 Å². The van der Waals surface area contributed by atoms with E-state index >= 15 is 0 Å². The van der Waals surface area contributed by atoms with Gasteiger partial charge in [0, 0.05) is 17.2 Å². The van der Waals surface area contributed by atoms with E-state index in [1.54, 1.807) is 0 Å². The Hall–Kier alpha value is -2.15. The van der Waals surface area contributed by atoms with Crippen molar-refractivity contribution in [2.45, 2.75) is 6.42 Å². The molecule has 4 N–H and O–H groups in total. The molecule has 2 rings (SSSR count). The quantitative estimate of drug-likeness (QED) is 0.778. The number of H-pyrrole nitrogens is 2. The lowest BCUT2D eigenvalue weighted by Crippen LogP contribution is -2.12. The summed E-state index contributed by atoms with van der Waals surface area (Å²) in [5, 5.41) is 4.88. The van der Waals surface area contributed by atoms with E-state index in [0.29, 0.717) is 5.56 Å². The van der Waals surface area contributed by atoms with Crippen LogP contribution in [0.2, 0.25) is 0 Å². The summed E-state index contributed by atoms with van der Waals surface area (Å²) in [4.78, 5) is 11.5. The number of ether oxygens (including phenoxy) is 1. The van der Waals surface area contributed by atoms with Gasteiger partial charge in [0.25, 0.3) is 5.56 Å².